The maximum atomic E-state index is 11.5. The predicted octanol–water partition coefficient (Wildman–Crippen LogP) is 1.57. The summed E-state index contributed by atoms with van der Waals surface area (Å²) in [5.74, 6) is -0.275. The standard InChI is InChI=1S/C15H21NO4/c1-9-13(17)20-8-14(2,16-9)12-7-10-5-6-11(12)15(10,18-3)19-4/h5-6,10-12H,7-8H2,1-4H3/t10-,11+,12+,14+/m1/s1. The quantitative estimate of drug-likeness (QED) is 0.447. The third-order valence-electron chi connectivity index (χ3n) is 5.12. The van der Waals surface area contributed by atoms with Crippen LogP contribution in [0, 0.1) is 17.8 Å². The topological polar surface area (TPSA) is 57.1 Å². The highest BCUT2D eigenvalue weighted by atomic mass is 16.7. The summed E-state index contributed by atoms with van der Waals surface area (Å²) in [6.07, 6.45) is 5.27. The van der Waals surface area contributed by atoms with Gasteiger partial charge in [-0.1, -0.05) is 12.2 Å². The number of nitrogens with zero attached hydrogens (tertiary/aromatic N) is 1. The number of hydrogen-bond acceptors (Lipinski definition) is 5. The van der Waals surface area contributed by atoms with Crippen molar-refractivity contribution in [2.75, 3.05) is 20.8 Å². The summed E-state index contributed by atoms with van der Waals surface area (Å²) >= 11 is 0. The zero-order valence-electron chi connectivity index (χ0n) is 12.4. The van der Waals surface area contributed by atoms with Gasteiger partial charge in [0.2, 0.25) is 0 Å². The Hall–Kier alpha value is -1.20. The number of methoxy groups -OCH3 is 2. The van der Waals surface area contributed by atoms with Gasteiger partial charge in [0.25, 0.3) is 0 Å². The van der Waals surface area contributed by atoms with Crippen molar-refractivity contribution >= 4 is 11.7 Å². The summed E-state index contributed by atoms with van der Waals surface area (Å²) in [7, 11) is 3.38. The van der Waals surface area contributed by atoms with Crippen molar-refractivity contribution in [1.29, 1.82) is 0 Å². The fraction of sp³-hybridized carbons (Fsp3) is 0.733. The van der Waals surface area contributed by atoms with Crippen LogP contribution in [0.3, 0.4) is 0 Å². The molecule has 5 nitrogen and oxygen atoms in total. The molecule has 5 heteroatoms. The van der Waals surface area contributed by atoms with Crippen LogP contribution in [-0.2, 0) is 19.0 Å². The van der Waals surface area contributed by atoms with Gasteiger partial charge in [-0.05, 0) is 26.2 Å². The van der Waals surface area contributed by atoms with E-state index in [0.29, 0.717) is 12.3 Å². The Kier molecular flexibility index (Phi) is 3.03. The molecule has 0 aromatic carbocycles. The molecule has 1 aliphatic heterocycles. The van der Waals surface area contributed by atoms with E-state index in [1.54, 1.807) is 21.1 Å². The van der Waals surface area contributed by atoms with Gasteiger partial charge in [0.1, 0.15) is 12.3 Å². The monoisotopic (exact) mass is 279 g/mol. The Labute approximate surface area is 119 Å². The van der Waals surface area contributed by atoms with Gasteiger partial charge in [-0.25, -0.2) is 4.79 Å². The van der Waals surface area contributed by atoms with Crippen LogP contribution in [0.2, 0.25) is 0 Å². The van der Waals surface area contributed by atoms with Crippen LogP contribution in [0.15, 0.2) is 17.1 Å². The van der Waals surface area contributed by atoms with Crippen molar-refractivity contribution in [3.05, 3.63) is 12.2 Å². The fourth-order valence-corrected chi connectivity index (χ4v) is 4.11. The predicted molar refractivity (Wildman–Crippen MR) is 73.4 cm³/mol. The largest absolute Gasteiger partial charge is 0.459 e. The summed E-state index contributed by atoms with van der Waals surface area (Å²) in [5, 5.41) is 0. The molecule has 0 N–H and O–H groups in total. The summed E-state index contributed by atoms with van der Waals surface area (Å²) in [6, 6.07) is 0. The Morgan fingerprint density at radius 2 is 2.05 bits per heavy atom. The minimum absolute atomic E-state index is 0.140. The minimum Gasteiger partial charge on any atom is -0.459 e. The molecule has 1 heterocycles. The highest BCUT2D eigenvalue weighted by Crippen LogP contribution is 2.57. The molecule has 4 atom stereocenters. The second-order valence-corrected chi connectivity index (χ2v) is 6.12. The molecule has 0 aromatic heterocycles. The van der Waals surface area contributed by atoms with E-state index in [4.69, 9.17) is 14.2 Å². The number of hydrogen-bond donors (Lipinski definition) is 0. The maximum absolute atomic E-state index is 11.5. The van der Waals surface area contributed by atoms with E-state index in [1.807, 2.05) is 0 Å². The molecule has 2 bridgehead atoms. The third-order valence-corrected chi connectivity index (χ3v) is 5.12. The van der Waals surface area contributed by atoms with E-state index in [9.17, 15) is 4.79 Å². The molecule has 0 spiro atoms. The van der Waals surface area contributed by atoms with Gasteiger partial charge in [-0.3, -0.25) is 4.99 Å². The molecule has 2 aliphatic carbocycles. The number of carbonyl (C=O) groups excluding carboxylic acids is 1. The summed E-state index contributed by atoms with van der Waals surface area (Å²) < 4.78 is 16.7. The highest BCUT2D eigenvalue weighted by Gasteiger charge is 2.62. The number of fused-ring (bicyclic) bond motifs is 2. The molecule has 0 aromatic rings. The molecule has 1 saturated carbocycles. The Morgan fingerprint density at radius 1 is 1.35 bits per heavy atom. The van der Waals surface area contributed by atoms with E-state index in [2.05, 4.69) is 24.1 Å². The fourth-order valence-electron chi connectivity index (χ4n) is 4.11. The highest BCUT2D eigenvalue weighted by molar-refractivity contribution is 6.35. The molecule has 1 fully saturated rings. The van der Waals surface area contributed by atoms with Crippen LogP contribution in [-0.4, -0.2) is 43.8 Å². The van der Waals surface area contributed by atoms with Gasteiger partial charge in [-0.15, -0.1) is 0 Å². The lowest BCUT2D eigenvalue weighted by Gasteiger charge is -2.39. The zero-order chi connectivity index (χ0) is 14.5. The first-order valence-corrected chi connectivity index (χ1v) is 6.99. The Bertz CT molecular complexity index is 494. The van der Waals surface area contributed by atoms with Crippen LogP contribution in [0.5, 0.6) is 0 Å². The van der Waals surface area contributed by atoms with Gasteiger partial charge in [-0.2, -0.15) is 0 Å². The zero-order valence-corrected chi connectivity index (χ0v) is 12.4. The molecular formula is C15H21NO4. The Balaban J connectivity index is 1.94. The molecular weight excluding hydrogens is 258 g/mol. The van der Waals surface area contributed by atoms with Crippen LogP contribution in [0.4, 0.5) is 0 Å². The minimum atomic E-state index is -0.585. The van der Waals surface area contributed by atoms with Gasteiger partial charge >= 0.3 is 5.97 Å². The lowest BCUT2D eigenvalue weighted by molar-refractivity contribution is -0.233. The number of carbonyl (C=O) groups is 1. The first kappa shape index (κ1) is 13.8. The summed E-state index contributed by atoms with van der Waals surface area (Å²) in [4.78, 5) is 16.1. The molecule has 0 radical (unpaired) electrons. The number of aliphatic imine (C=N–C) groups is 1. The van der Waals surface area contributed by atoms with Gasteiger partial charge in [0, 0.05) is 26.1 Å². The van der Waals surface area contributed by atoms with Crippen LogP contribution >= 0.6 is 0 Å². The third kappa shape index (κ3) is 1.63. The second kappa shape index (κ2) is 4.40. The smallest absolute Gasteiger partial charge is 0.352 e. The summed E-state index contributed by atoms with van der Waals surface area (Å²) in [5.41, 5.74) is 0.0516. The van der Waals surface area contributed by atoms with Crippen molar-refractivity contribution in [2.24, 2.45) is 22.7 Å². The molecule has 0 amide bonds. The molecule has 0 saturated heterocycles. The average molecular weight is 279 g/mol. The lowest BCUT2D eigenvalue weighted by Crippen LogP contribution is -2.48. The van der Waals surface area contributed by atoms with E-state index >= 15 is 0 Å². The summed E-state index contributed by atoms with van der Waals surface area (Å²) in [6.45, 7) is 4.09. The molecule has 0 unspecified atom stereocenters. The number of rotatable bonds is 3. The van der Waals surface area contributed by atoms with Crippen LogP contribution < -0.4 is 0 Å². The number of esters is 1. The van der Waals surface area contributed by atoms with E-state index in [1.165, 1.54) is 0 Å². The molecule has 20 heavy (non-hydrogen) atoms. The maximum Gasteiger partial charge on any atom is 0.352 e. The van der Waals surface area contributed by atoms with Crippen LogP contribution in [0.25, 0.3) is 0 Å². The second-order valence-electron chi connectivity index (χ2n) is 6.12. The molecule has 3 rings (SSSR count). The van der Waals surface area contributed by atoms with Crippen molar-refractivity contribution in [2.45, 2.75) is 31.6 Å². The van der Waals surface area contributed by atoms with Crippen molar-refractivity contribution < 1.29 is 19.0 Å². The van der Waals surface area contributed by atoms with E-state index < -0.39 is 11.3 Å². The van der Waals surface area contributed by atoms with E-state index in [0.717, 1.165) is 6.42 Å². The normalized spacial score (nSPS) is 41.7. The molecule has 110 valence electrons. The number of ether oxygens (including phenoxy) is 3. The van der Waals surface area contributed by atoms with Crippen molar-refractivity contribution in [3.63, 3.8) is 0 Å². The van der Waals surface area contributed by atoms with Crippen molar-refractivity contribution in [1.82, 2.24) is 0 Å². The van der Waals surface area contributed by atoms with Gasteiger partial charge in [0.15, 0.2) is 5.79 Å². The first-order chi connectivity index (χ1) is 9.47. The van der Waals surface area contributed by atoms with Gasteiger partial charge in [0.05, 0.1) is 5.54 Å². The van der Waals surface area contributed by atoms with Crippen LogP contribution in [0.1, 0.15) is 20.3 Å². The molecule has 3 aliphatic rings. The number of cyclic esters (lactones) is 1. The van der Waals surface area contributed by atoms with Gasteiger partial charge < -0.3 is 14.2 Å². The Morgan fingerprint density at radius 3 is 2.60 bits per heavy atom. The van der Waals surface area contributed by atoms with Crippen molar-refractivity contribution in [3.8, 4) is 0 Å². The lowest BCUT2D eigenvalue weighted by atomic mass is 9.77. The van der Waals surface area contributed by atoms with E-state index in [-0.39, 0.29) is 23.7 Å². The SMILES string of the molecule is COC1(OC)[C@@H]2C=C[C@H]1[C@@H]([C@]1(C)COC(=O)C(C)=N1)C2. The first-order valence-electron chi connectivity index (χ1n) is 6.99. The average Bonchev–Trinajstić information content (AvgIpc) is 2.96.